The Morgan fingerprint density at radius 3 is 2.29 bits per heavy atom. The molecule has 0 amide bonds. The molecule has 2 aromatic rings. The fraction of sp³-hybridized carbons (Fsp3) is 0.200. The SMILES string of the molecule is CNC(Cc1cccc(Cl)c1F)c1c(F)cc(F)cc1F. The fourth-order valence-electron chi connectivity index (χ4n) is 2.16. The summed E-state index contributed by atoms with van der Waals surface area (Å²) in [4.78, 5) is 0. The van der Waals surface area contributed by atoms with E-state index in [1.165, 1.54) is 19.2 Å². The molecule has 0 aliphatic rings. The Balaban J connectivity index is 2.39. The van der Waals surface area contributed by atoms with Crippen LogP contribution in [0.3, 0.4) is 0 Å². The molecule has 112 valence electrons. The number of likely N-dealkylation sites (N-methyl/N-ethyl adjacent to an activating group) is 1. The summed E-state index contributed by atoms with van der Waals surface area (Å²) in [5, 5.41) is 2.64. The first-order valence-corrected chi connectivity index (χ1v) is 6.56. The van der Waals surface area contributed by atoms with Gasteiger partial charge in [-0.25, -0.2) is 17.6 Å². The summed E-state index contributed by atoms with van der Waals surface area (Å²) in [7, 11) is 1.48. The van der Waals surface area contributed by atoms with Crippen LogP contribution in [0.5, 0.6) is 0 Å². The average molecular weight is 318 g/mol. The van der Waals surface area contributed by atoms with Gasteiger partial charge in [-0.3, -0.25) is 0 Å². The van der Waals surface area contributed by atoms with Gasteiger partial charge in [0.2, 0.25) is 0 Å². The molecule has 1 unspecified atom stereocenters. The maximum absolute atomic E-state index is 13.9. The first-order chi connectivity index (χ1) is 9.93. The zero-order chi connectivity index (χ0) is 15.6. The van der Waals surface area contributed by atoms with Gasteiger partial charge in [-0.2, -0.15) is 0 Å². The molecule has 1 atom stereocenters. The van der Waals surface area contributed by atoms with Gasteiger partial charge in [-0.05, 0) is 25.1 Å². The first-order valence-electron chi connectivity index (χ1n) is 6.18. The maximum atomic E-state index is 13.9. The predicted octanol–water partition coefficient (Wildman–Crippen LogP) is 4.40. The Morgan fingerprint density at radius 2 is 1.71 bits per heavy atom. The lowest BCUT2D eigenvalue weighted by Gasteiger charge is -2.19. The largest absolute Gasteiger partial charge is 0.313 e. The van der Waals surface area contributed by atoms with Crippen molar-refractivity contribution >= 4 is 11.6 Å². The average Bonchev–Trinajstić information content (AvgIpc) is 2.41. The number of nitrogens with one attached hydrogen (secondary N) is 1. The van der Waals surface area contributed by atoms with Crippen LogP contribution >= 0.6 is 11.6 Å². The van der Waals surface area contributed by atoms with Gasteiger partial charge in [-0.1, -0.05) is 23.7 Å². The van der Waals surface area contributed by atoms with Crippen LogP contribution < -0.4 is 5.32 Å². The third kappa shape index (κ3) is 3.36. The van der Waals surface area contributed by atoms with Gasteiger partial charge in [0.15, 0.2) is 0 Å². The van der Waals surface area contributed by atoms with Crippen molar-refractivity contribution in [3.05, 3.63) is 69.8 Å². The molecule has 0 saturated carbocycles. The van der Waals surface area contributed by atoms with E-state index in [1.807, 2.05) is 0 Å². The molecule has 21 heavy (non-hydrogen) atoms. The molecule has 0 heterocycles. The second-order valence-electron chi connectivity index (χ2n) is 4.54. The summed E-state index contributed by atoms with van der Waals surface area (Å²) < 4.78 is 54.4. The van der Waals surface area contributed by atoms with Crippen molar-refractivity contribution in [1.82, 2.24) is 5.32 Å². The van der Waals surface area contributed by atoms with E-state index >= 15 is 0 Å². The van der Waals surface area contributed by atoms with Crippen molar-refractivity contribution in [3.63, 3.8) is 0 Å². The summed E-state index contributed by atoms with van der Waals surface area (Å²) in [5.41, 5.74) is -0.122. The van der Waals surface area contributed by atoms with Crippen molar-refractivity contribution < 1.29 is 17.6 Å². The smallest absolute Gasteiger partial charge is 0.145 e. The molecule has 1 N–H and O–H groups in total. The van der Waals surface area contributed by atoms with Gasteiger partial charge in [0.05, 0.1) is 5.02 Å². The normalized spacial score (nSPS) is 12.5. The number of benzene rings is 2. The highest BCUT2D eigenvalue weighted by Gasteiger charge is 2.22. The second kappa shape index (κ2) is 6.45. The first kappa shape index (κ1) is 15.8. The van der Waals surface area contributed by atoms with E-state index in [1.54, 1.807) is 6.07 Å². The highest BCUT2D eigenvalue weighted by atomic mass is 35.5. The highest BCUT2D eigenvalue weighted by molar-refractivity contribution is 6.30. The van der Waals surface area contributed by atoms with Crippen molar-refractivity contribution in [2.45, 2.75) is 12.5 Å². The monoisotopic (exact) mass is 317 g/mol. The molecule has 0 aromatic heterocycles. The minimum atomic E-state index is -1.02. The van der Waals surface area contributed by atoms with Crippen LogP contribution in [-0.4, -0.2) is 7.05 Å². The van der Waals surface area contributed by atoms with E-state index in [0.717, 1.165) is 0 Å². The van der Waals surface area contributed by atoms with E-state index in [9.17, 15) is 17.6 Å². The quantitative estimate of drug-likeness (QED) is 0.824. The number of hydrogen-bond donors (Lipinski definition) is 1. The Bertz CT molecular complexity index is 637. The molecule has 0 saturated heterocycles. The summed E-state index contributed by atoms with van der Waals surface area (Å²) in [6, 6.07) is 4.75. The van der Waals surface area contributed by atoms with Crippen molar-refractivity contribution in [1.29, 1.82) is 0 Å². The van der Waals surface area contributed by atoms with Crippen LogP contribution in [0.25, 0.3) is 0 Å². The van der Waals surface area contributed by atoms with Crippen molar-refractivity contribution in [3.8, 4) is 0 Å². The lowest BCUT2D eigenvalue weighted by molar-refractivity contribution is 0.470. The lowest BCUT2D eigenvalue weighted by atomic mass is 9.97. The molecule has 2 aromatic carbocycles. The third-order valence-electron chi connectivity index (χ3n) is 3.20. The summed E-state index contributed by atoms with van der Waals surface area (Å²) >= 11 is 5.68. The van der Waals surface area contributed by atoms with Crippen LogP contribution in [0.4, 0.5) is 17.6 Å². The van der Waals surface area contributed by atoms with Gasteiger partial charge >= 0.3 is 0 Å². The molecule has 0 bridgehead atoms. The molecule has 6 heteroatoms. The predicted molar refractivity (Wildman–Crippen MR) is 73.2 cm³/mol. The van der Waals surface area contributed by atoms with Crippen molar-refractivity contribution in [2.24, 2.45) is 0 Å². The number of hydrogen-bond acceptors (Lipinski definition) is 1. The van der Waals surface area contributed by atoms with Crippen molar-refractivity contribution in [2.75, 3.05) is 7.05 Å². The number of rotatable bonds is 4. The fourth-order valence-corrected chi connectivity index (χ4v) is 2.35. The van der Waals surface area contributed by atoms with Crippen LogP contribution in [-0.2, 0) is 6.42 Å². The van der Waals surface area contributed by atoms with Crippen LogP contribution in [0.2, 0.25) is 5.02 Å². The van der Waals surface area contributed by atoms with Crippen LogP contribution in [0, 0.1) is 23.3 Å². The van der Waals surface area contributed by atoms with Gasteiger partial charge < -0.3 is 5.32 Å². The minimum Gasteiger partial charge on any atom is -0.313 e. The number of halogens is 5. The van der Waals surface area contributed by atoms with E-state index in [-0.39, 0.29) is 22.6 Å². The zero-order valence-corrected chi connectivity index (χ0v) is 11.8. The minimum absolute atomic E-state index is 0.0254. The van der Waals surface area contributed by atoms with Gasteiger partial charge in [0, 0.05) is 23.7 Å². The molecule has 0 fully saturated rings. The Hall–Kier alpha value is -1.59. The second-order valence-corrected chi connectivity index (χ2v) is 4.95. The lowest BCUT2D eigenvalue weighted by Crippen LogP contribution is -2.22. The molecular weight excluding hydrogens is 306 g/mol. The van der Waals surface area contributed by atoms with E-state index in [2.05, 4.69) is 5.32 Å². The molecule has 0 aliphatic carbocycles. The van der Waals surface area contributed by atoms with Gasteiger partial charge in [0.1, 0.15) is 23.3 Å². The van der Waals surface area contributed by atoms with Gasteiger partial charge in [0.25, 0.3) is 0 Å². The van der Waals surface area contributed by atoms with Crippen LogP contribution in [0.15, 0.2) is 30.3 Å². The molecule has 0 aliphatic heterocycles. The molecule has 0 spiro atoms. The third-order valence-corrected chi connectivity index (χ3v) is 3.49. The van der Waals surface area contributed by atoms with E-state index < -0.39 is 29.3 Å². The van der Waals surface area contributed by atoms with Gasteiger partial charge in [-0.15, -0.1) is 0 Å². The maximum Gasteiger partial charge on any atom is 0.145 e. The van der Waals surface area contributed by atoms with E-state index in [0.29, 0.717) is 12.1 Å². The summed E-state index contributed by atoms with van der Waals surface area (Å²) in [5.74, 6) is -3.68. The zero-order valence-electron chi connectivity index (χ0n) is 11.1. The summed E-state index contributed by atoms with van der Waals surface area (Å²) in [6.07, 6.45) is -0.0254. The Kier molecular flexibility index (Phi) is 4.85. The standard InChI is InChI=1S/C15H12ClF4N/c1-21-13(5-8-3-2-4-10(16)15(8)20)14-11(18)6-9(17)7-12(14)19/h2-4,6-7,13,21H,5H2,1H3. The molecule has 2 rings (SSSR count). The Morgan fingerprint density at radius 1 is 1.10 bits per heavy atom. The summed E-state index contributed by atoms with van der Waals surface area (Å²) in [6.45, 7) is 0. The molecule has 0 radical (unpaired) electrons. The highest BCUT2D eigenvalue weighted by Crippen LogP contribution is 2.27. The van der Waals surface area contributed by atoms with E-state index in [4.69, 9.17) is 11.6 Å². The van der Waals surface area contributed by atoms with Crippen LogP contribution in [0.1, 0.15) is 17.2 Å². The Labute approximate surface area is 124 Å². The molecular formula is C15H12ClF4N. The topological polar surface area (TPSA) is 12.0 Å². The molecule has 1 nitrogen and oxygen atoms in total.